The number of isocyanates is 2. The topological polar surface area (TPSA) is 58.9 Å². The highest BCUT2D eigenvalue weighted by Gasteiger charge is 2.53. The highest BCUT2D eigenvalue weighted by molar-refractivity contribution is 5.36. The third kappa shape index (κ3) is 1.31. The molecule has 4 nitrogen and oxygen atoms in total. The van der Waals surface area contributed by atoms with Crippen LogP contribution in [0.25, 0.3) is 0 Å². The Hall–Kier alpha value is -1.24. The number of hydrogen-bond donors (Lipinski definition) is 0. The molecule has 0 radical (unpaired) electrons. The summed E-state index contributed by atoms with van der Waals surface area (Å²) in [5.74, 6) is 2.12. The lowest BCUT2D eigenvalue weighted by Gasteiger charge is -2.55. The average molecular weight is 218 g/mol. The van der Waals surface area contributed by atoms with Gasteiger partial charge < -0.3 is 0 Å². The fourth-order valence-electron chi connectivity index (χ4n) is 4.37. The van der Waals surface area contributed by atoms with Crippen LogP contribution in [-0.2, 0) is 9.59 Å². The van der Waals surface area contributed by atoms with Gasteiger partial charge in [0.25, 0.3) is 0 Å². The van der Waals surface area contributed by atoms with Gasteiger partial charge in [0.05, 0.1) is 12.1 Å². The largest absolute Gasteiger partial charge is 0.235 e. The first-order valence-corrected chi connectivity index (χ1v) is 5.97. The molecule has 4 aliphatic carbocycles. The van der Waals surface area contributed by atoms with Crippen LogP contribution in [0.15, 0.2) is 9.98 Å². The maximum absolute atomic E-state index is 10.5. The minimum absolute atomic E-state index is 0.0624. The van der Waals surface area contributed by atoms with E-state index in [9.17, 15) is 9.59 Å². The lowest BCUT2D eigenvalue weighted by molar-refractivity contribution is -0.0161. The maximum Gasteiger partial charge on any atom is 0.235 e. The fourth-order valence-corrected chi connectivity index (χ4v) is 4.37. The van der Waals surface area contributed by atoms with Crippen LogP contribution in [0.1, 0.15) is 25.7 Å². The smallest absolute Gasteiger partial charge is 0.211 e. The van der Waals surface area contributed by atoms with E-state index in [1.165, 1.54) is 12.8 Å². The van der Waals surface area contributed by atoms with Crippen molar-refractivity contribution in [3.63, 3.8) is 0 Å². The second kappa shape index (κ2) is 3.65. The van der Waals surface area contributed by atoms with Gasteiger partial charge in [0, 0.05) is 5.92 Å². The molecule has 0 heterocycles. The first-order chi connectivity index (χ1) is 7.83. The Morgan fingerprint density at radius 3 is 1.88 bits per heavy atom. The van der Waals surface area contributed by atoms with Crippen molar-refractivity contribution < 1.29 is 9.59 Å². The second-order valence-corrected chi connectivity index (χ2v) is 5.41. The Balaban J connectivity index is 1.95. The van der Waals surface area contributed by atoms with Crippen LogP contribution in [0, 0.1) is 23.7 Å². The van der Waals surface area contributed by atoms with E-state index >= 15 is 0 Å². The van der Waals surface area contributed by atoms with Crippen molar-refractivity contribution in [1.29, 1.82) is 0 Å². The maximum atomic E-state index is 10.5. The van der Waals surface area contributed by atoms with Gasteiger partial charge >= 0.3 is 0 Å². The first kappa shape index (κ1) is 9.95. The highest BCUT2D eigenvalue weighted by atomic mass is 16.1. The van der Waals surface area contributed by atoms with E-state index in [-0.39, 0.29) is 12.1 Å². The van der Waals surface area contributed by atoms with Crippen molar-refractivity contribution in [1.82, 2.24) is 0 Å². The normalized spacial score (nSPS) is 48.2. The van der Waals surface area contributed by atoms with Crippen molar-refractivity contribution >= 4 is 12.2 Å². The molecule has 4 rings (SSSR count). The SMILES string of the molecule is O=C=NC1C2CC3CC(C2)C(N=C=O)C1C3. The number of rotatable bonds is 2. The molecule has 16 heavy (non-hydrogen) atoms. The molecule has 0 aromatic carbocycles. The van der Waals surface area contributed by atoms with Crippen molar-refractivity contribution in [2.24, 2.45) is 33.7 Å². The van der Waals surface area contributed by atoms with Crippen molar-refractivity contribution in [2.45, 2.75) is 37.8 Å². The molecule has 0 aromatic heterocycles. The van der Waals surface area contributed by atoms with Crippen LogP contribution in [-0.4, -0.2) is 24.2 Å². The lowest BCUT2D eigenvalue weighted by Crippen LogP contribution is -2.54. The van der Waals surface area contributed by atoms with Gasteiger partial charge in [-0.25, -0.2) is 19.6 Å². The zero-order chi connectivity index (χ0) is 11.1. The lowest BCUT2D eigenvalue weighted by atomic mass is 9.52. The molecule has 0 N–H and O–H groups in total. The zero-order valence-electron chi connectivity index (χ0n) is 9.00. The number of hydrogen-bond acceptors (Lipinski definition) is 4. The molecule has 4 saturated carbocycles. The summed E-state index contributed by atoms with van der Waals surface area (Å²) in [6.07, 6.45) is 7.91. The van der Waals surface area contributed by atoms with Gasteiger partial charge in [0.15, 0.2) is 0 Å². The van der Waals surface area contributed by atoms with Crippen LogP contribution in [0.3, 0.4) is 0 Å². The van der Waals surface area contributed by atoms with Gasteiger partial charge in [-0.3, -0.25) is 0 Å². The molecule has 4 fully saturated rings. The third-order valence-electron chi connectivity index (χ3n) is 4.73. The van der Waals surface area contributed by atoms with E-state index in [0.29, 0.717) is 17.8 Å². The predicted octanol–water partition coefficient (Wildman–Crippen LogP) is 1.46. The molecule has 0 aliphatic heterocycles. The zero-order valence-corrected chi connectivity index (χ0v) is 9.00. The standard InChI is InChI=1S/C12H14N2O2/c15-5-13-11-8-1-7-2-9(4-8)12(14-6-16)10(11)3-7/h7-12H,1-4H2. The molecule has 0 amide bonds. The molecule has 0 saturated heterocycles. The molecule has 84 valence electrons. The van der Waals surface area contributed by atoms with Gasteiger partial charge in [-0.05, 0) is 43.4 Å². The molecule has 0 aromatic rings. The second-order valence-electron chi connectivity index (χ2n) is 5.41. The Kier molecular flexibility index (Phi) is 2.27. The summed E-state index contributed by atoms with van der Waals surface area (Å²) in [5.41, 5.74) is 0. The quantitative estimate of drug-likeness (QED) is 0.520. The minimum Gasteiger partial charge on any atom is -0.211 e. The van der Waals surface area contributed by atoms with Crippen LogP contribution < -0.4 is 0 Å². The monoisotopic (exact) mass is 218 g/mol. The van der Waals surface area contributed by atoms with Gasteiger partial charge in [0.2, 0.25) is 12.2 Å². The van der Waals surface area contributed by atoms with E-state index in [4.69, 9.17) is 0 Å². The molecular formula is C12H14N2O2. The van der Waals surface area contributed by atoms with Crippen LogP contribution in [0.2, 0.25) is 0 Å². The molecule has 4 atom stereocenters. The van der Waals surface area contributed by atoms with Crippen LogP contribution in [0.5, 0.6) is 0 Å². The third-order valence-corrected chi connectivity index (χ3v) is 4.73. The summed E-state index contributed by atoms with van der Waals surface area (Å²) >= 11 is 0. The Morgan fingerprint density at radius 1 is 0.812 bits per heavy atom. The summed E-state index contributed by atoms with van der Waals surface area (Å²) < 4.78 is 0. The minimum atomic E-state index is 0.0624. The number of aliphatic imine (C=N–C) groups is 2. The van der Waals surface area contributed by atoms with E-state index in [1.807, 2.05) is 0 Å². The van der Waals surface area contributed by atoms with E-state index in [0.717, 1.165) is 18.8 Å². The highest BCUT2D eigenvalue weighted by Crippen LogP contribution is 2.55. The van der Waals surface area contributed by atoms with E-state index in [2.05, 4.69) is 9.98 Å². The predicted molar refractivity (Wildman–Crippen MR) is 56.2 cm³/mol. The fraction of sp³-hybridized carbons (Fsp3) is 0.833. The molecule has 4 aliphatic rings. The van der Waals surface area contributed by atoms with Gasteiger partial charge in [-0.1, -0.05) is 0 Å². The van der Waals surface area contributed by atoms with Gasteiger partial charge in [0.1, 0.15) is 0 Å². The Morgan fingerprint density at radius 2 is 1.38 bits per heavy atom. The van der Waals surface area contributed by atoms with E-state index in [1.54, 1.807) is 12.2 Å². The number of carbonyl (C=O) groups excluding carboxylic acids is 2. The Bertz CT molecular complexity index is 362. The van der Waals surface area contributed by atoms with Crippen LogP contribution >= 0.6 is 0 Å². The van der Waals surface area contributed by atoms with Crippen molar-refractivity contribution in [2.75, 3.05) is 0 Å². The molecule has 4 bridgehead atoms. The average Bonchev–Trinajstić information content (AvgIpc) is 2.28. The van der Waals surface area contributed by atoms with Gasteiger partial charge in [-0.2, -0.15) is 0 Å². The summed E-state index contributed by atoms with van der Waals surface area (Å²) in [6.45, 7) is 0. The molecule has 4 unspecified atom stereocenters. The van der Waals surface area contributed by atoms with Crippen molar-refractivity contribution in [3.8, 4) is 0 Å². The molecular weight excluding hydrogens is 204 g/mol. The summed E-state index contributed by atoms with van der Waals surface area (Å²) in [6, 6.07) is 0.125. The summed E-state index contributed by atoms with van der Waals surface area (Å²) in [4.78, 5) is 28.8. The first-order valence-electron chi connectivity index (χ1n) is 5.97. The number of nitrogens with zero attached hydrogens (tertiary/aromatic N) is 2. The van der Waals surface area contributed by atoms with E-state index < -0.39 is 0 Å². The van der Waals surface area contributed by atoms with Crippen LogP contribution in [0.4, 0.5) is 0 Å². The van der Waals surface area contributed by atoms with Gasteiger partial charge in [-0.15, -0.1) is 0 Å². The van der Waals surface area contributed by atoms with Crippen molar-refractivity contribution in [3.05, 3.63) is 0 Å². The summed E-state index contributed by atoms with van der Waals surface area (Å²) in [7, 11) is 0. The Labute approximate surface area is 93.8 Å². The molecule has 0 spiro atoms. The molecule has 4 heteroatoms. The summed E-state index contributed by atoms with van der Waals surface area (Å²) in [5, 5.41) is 0.